The van der Waals surface area contributed by atoms with Crippen molar-refractivity contribution in [3.05, 3.63) is 72.2 Å². The molecule has 1 fully saturated rings. The molecule has 0 saturated heterocycles. The van der Waals surface area contributed by atoms with Gasteiger partial charge in [-0.1, -0.05) is 0 Å². The highest BCUT2D eigenvalue weighted by Crippen LogP contribution is 2.45. The Hall–Kier alpha value is -4.51. The lowest BCUT2D eigenvalue weighted by atomic mass is 10.1. The second-order valence-corrected chi connectivity index (χ2v) is 8.90. The van der Waals surface area contributed by atoms with Crippen molar-refractivity contribution in [1.82, 2.24) is 9.97 Å². The van der Waals surface area contributed by atoms with Crippen molar-refractivity contribution in [2.45, 2.75) is 25.4 Å². The number of rotatable bonds is 10. The Morgan fingerprint density at radius 2 is 1.79 bits per heavy atom. The zero-order valence-corrected chi connectivity index (χ0v) is 21.2. The third-order valence-corrected chi connectivity index (χ3v) is 6.20. The van der Waals surface area contributed by atoms with Gasteiger partial charge in [0.2, 0.25) is 0 Å². The van der Waals surface area contributed by atoms with Gasteiger partial charge < -0.3 is 29.4 Å². The van der Waals surface area contributed by atoms with Crippen molar-refractivity contribution in [3.8, 4) is 28.7 Å². The number of amides is 1. The molecule has 2 aromatic heterocycles. The van der Waals surface area contributed by atoms with E-state index in [0.29, 0.717) is 47.6 Å². The van der Waals surface area contributed by atoms with Crippen LogP contribution >= 0.6 is 0 Å². The van der Waals surface area contributed by atoms with E-state index < -0.39 is 28.9 Å². The van der Waals surface area contributed by atoms with E-state index in [1.807, 2.05) is 0 Å². The van der Waals surface area contributed by atoms with Crippen LogP contribution in [0.4, 0.5) is 14.5 Å². The number of aliphatic hydroxyl groups excluding tert-OH is 1. The number of pyridine rings is 2. The van der Waals surface area contributed by atoms with E-state index in [-0.39, 0.29) is 23.6 Å². The summed E-state index contributed by atoms with van der Waals surface area (Å²) < 4.78 is 52.7. The quantitative estimate of drug-likeness (QED) is 0.282. The number of anilines is 1. The molecule has 0 radical (unpaired) electrons. The van der Waals surface area contributed by atoms with Crippen molar-refractivity contribution in [3.63, 3.8) is 0 Å². The summed E-state index contributed by atoms with van der Waals surface area (Å²) in [7, 11) is 1.48. The number of halogens is 2. The molecule has 1 aliphatic carbocycles. The number of methoxy groups -OCH3 is 1. The highest BCUT2D eigenvalue weighted by Gasteiger charge is 2.45. The number of aromatic nitrogens is 2. The number of carbonyl (C=O) groups is 1. The number of nitrogens with zero attached hydrogens (tertiary/aromatic N) is 2. The third kappa shape index (κ3) is 5.39. The zero-order valence-electron chi connectivity index (χ0n) is 21.2. The Labute approximate surface area is 222 Å². The first-order valence-corrected chi connectivity index (χ1v) is 12.2. The van der Waals surface area contributed by atoms with E-state index >= 15 is 8.78 Å². The normalized spacial score (nSPS) is 13.6. The number of benzene rings is 2. The molecule has 1 amide bonds. The molecule has 0 spiro atoms. The van der Waals surface area contributed by atoms with Crippen LogP contribution < -0.4 is 24.3 Å². The van der Waals surface area contributed by atoms with E-state index in [9.17, 15) is 9.90 Å². The Morgan fingerprint density at radius 1 is 1.05 bits per heavy atom. The predicted molar refractivity (Wildman–Crippen MR) is 138 cm³/mol. The average Bonchev–Trinajstić information content (AvgIpc) is 3.71. The molecule has 4 aromatic rings. The lowest BCUT2D eigenvalue weighted by molar-refractivity contribution is 0.0925. The van der Waals surface area contributed by atoms with Crippen molar-refractivity contribution < 1.29 is 37.6 Å². The summed E-state index contributed by atoms with van der Waals surface area (Å²) in [6.45, 7) is 1.93. The summed E-state index contributed by atoms with van der Waals surface area (Å²) in [6.07, 6.45) is 5.58. The molecule has 39 heavy (non-hydrogen) atoms. The summed E-state index contributed by atoms with van der Waals surface area (Å²) in [5.41, 5.74) is -0.238. The van der Waals surface area contributed by atoms with E-state index in [4.69, 9.17) is 18.9 Å². The topological polar surface area (TPSA) is 112 Å². The first-order valence-electron chi connectivity index (χ1n) is 12.2. The summed E-state index contributed by atoms with van der Waals surface area (Å²) in [4.78, 5) is 20.9. The number of carbonyl (C=O) groups excluding carboxylic acids is 1. The Morgan fingerprint density at radius 3 is 2.46 bits per heavy atom. The number of nitrogens with one attached hydrogen (secondary N) is 1. The molecular weight excluding hydrogens is 512 g/mol. The molecule has 5 rings (SSSR count). The minimum atomic E-state index is -1.03. The third-order valence-electron chi connectivity index (χ3n) is 6.20. The first-order chi connectivity index (χ1) is 18.9. The Balaban J connectivity index is 1.43. The van der Waals surface area contributed by atoms with Crippen LogP contribution in [-0.4, -0.2) is 46.9 Å². The van der Waals surface area contributed by atoms with E-state index in [1.54, 1.807) is 19.1 Å². The van der Waals surface area contributed by atoms with Gasteiger partial charge in [-0.15, -0.1) is 0 Å². The lowest BCUT2D eigenvalue weighted by Crippen LogP contribution is -2.22. The fourth-order valence-electron chi connectivity index (χ4n) is 3.99. The summed E-state index contributed by atoms with van der Waals surface area (Å²) in [6, 6.07) is 8.10. The van der Waals surface area contributed by atoms with E-state index in [0.717, 1.165) is 12.1 Å². The van der Waals surface area contributed by atoms with Gasteiger partial charge in [0.05, 0.1) is 31.4 Å². The fraction of sp³-hybridized carbons (Fsp3) is 0.250. The van der Waals surface area contributed by atoms with E-state index in [1.165, 1.54) is 37.8 Å². The van der Waals surface area contributed by atoms with Crippen LogP contribution in [0.5, 0.6) is 28.7 Å². The molecule has 1 aliphatic rings. The molecule has 0 bridgehead atoms. The molecule has 9 nitrogen and oxygen atoms in total. The van der Waals surface area contributed by atoms with Crippen LogP contribution in [0.2, 0.25) is 0 Å². The van der Waals surface area contributed by atoms with Crippen LogP contribution in [-0.2, 0) is 0 Å². The molecule has 2 N–H and O–H groups in total. The molecule has 11 heteroatoms. The minimum Gasteiger partial charge on any atom is -0.493 e. The van der Waals surface area contributed by atoms with Gasteiger partial charge in [0.1, 0.15) is 17.1 Å². The van der Waals surface area contributed by atoms with Gasteiger partial charge in [-0.3, -0.25) is 14.8 Å². The summed E-state index contributed by atoms with van der Waals surface area (Å²) >= 11 is 0. The molecule has 0 atom stereocenters. The predicted octanol–water partition coefficient (Wildman–Crippen LogP) is 5.26. The first kappa shape index (κ1) is 26.1. The minimum absolute atomic E-state index is 0.117. The second kappa shape index (κ2) is 10.7. The van der Waals surface area contributed by atoms with Crippen molar-refractivity contribution >= 4 is 22.5 Å². The molecular formula is C28H25F2N3O6. The number of ether oxygens (including phenoxy) is 4. The van der Waals surface area contributed by atoms with Gasteiger partial charge in [-0.05, 0) is 38.0 Å². The maximum absolute atomic E-state index is 15.1. The van der Waals surface area contributed by atoms with E-state index in [2.05, 4.69) is 15.3 Å². The maximum atomic E-state index is 15.1. The van der Waals surface area contributed by atoms with Gasteiger partial charge >= 0.3 is 0 Å². The fourth-order valence-corrected chi connectivity index (χ4v) is 3.99. The molecule has 1 saturated carbocycles. The van der Waals surface area contributed by atoms with Crippen LogP contribution in [0.25, 0.3) is 10.9 Å². The molecule has 0 aliphatic heterocycles. The number of hydrogen-bond donors (Lipinski definition) is 2. The smallest absolute Gasteiger partial charge is 0.261 e. The SMILES string of the molecule is CCOc1ccncc1C(=O)Nc1cc(F)c(Oc2ccnc3cc(OC)c(OC4(CO)CC4)cc23)c(F)c1. The highest BCUT2D eigenvalue weighted by atomic mass is 19.1. The van der Waals surface area contributed by atoms with Crippen LogP contribution in [0, 0.1) is 11.6 Å². The van der Waals surface area contributed by atoms with Crippen LogP contribution in [0.3, 0.4) is 0 Å². The van der Waals surface area contributed by atoms with Crippen molar-refractivity contribution in [2.75, 3.05) is 25.6 Å². The van der Waals surface area contributed by atoms with Crippen LogP contribution in [0.1, 0.15) is 30.1 Å². The van der Waals surface area contributed by atoms with Gasteiger partial charge in [-0.2, -0.15) is 0 Å². The Bertz CT molecular complexity index is 1520. The van der Waals surface area contributed by atoms with Crippen LogP contribution in [0.15, 0.2) is 55.0 Å². The zero-order chi connectivity index (χ0) is 27.6. The van der Waals surface area contributed by atoms with Gasteiger partial charge in [0.25, 0.3) is 5.91 Å². The standard InChI is InChI=1S/C28H25F2N3O6/c1-3-37-22-4-8-31-14-18(22)27(35)33-16-10-19(29)26(20(30)11-16)38-23-5-9-32-21-13-24(36-2)25(12-17(21)23)39-28(15-34)6-7-28/h4-5,8-14,34H,3,6-7,15H2,1-2H3,(H,33,35). The molecule has 202 valence electrons. The van der Waals surface area contributed by atoms with Crippen molar-refractivity contribution in [2.24, 2.45) is 0 Å². The van der Waals surface area contributed by atoms with Gasteiger partial charge in [-0.25, -0.2) is 8.78 Å². The van der Waals surface area contributed by atoms with Gasteiger partial charge in [0, 0.05) is 47.9 Å². The molecule has 2 heterocycles. The monoisotopic (exact) mass is 537 g/mol. The maximum Gasteiger partial charge on any atom is 0.261 e. The number of aliphatic hydroxyl groups is 1. The number of hydrogen-bond acceptors (Lipinski definition) is 8. The summed E-state index contributed by atoms with van der Waals surface area (Å²) in [5, 5.41) is 12.5. The second-order valence-electron chi connectivity index (χ2n) is 8.90. The molecule has 0 unspecified atom stereocenters. The molecule has 2 aromatic carbocycles. The van der Waals surface area contributed by atoms with Gasteiger partial charge in [0.15, 0.2) is 28.9 Å². The lowest BCUT2D eigenvalue weighted by Gasteiger charge is -2.19. The highest BCUT2D eigenvalue weighted by molar-refractivity contribution is 6.06. The largest absolute Gasteiger partial charge is 0.493 e. The number of fused-ring (bicyclic) bond motifs is 1. The van der Waals surface area contributed by atoms with Crippen molar-refractivity contribution in [1.29, 1.82) is 0 Å². The average molecular weight is 538 g/mol. The Kier molecular flexibility index (Phi) is 7.16. The summed E-state index contributed by atoms with van der Waals surface area (Å²) in [5.74, 6) is -2.22.